The van der Waals surface area contributed by atoms with Crippen LogP contribution in [0.5, 0.6) is 11.6 Å². The molecule has 47 heavy (non-hydrogen) atoms. The summed E-state index contributed by atoms with van der Waals surface area (Å²) < 4.78 is 53.0. The van der Waals surface area contributed by atoms with Crippen molar-refractivity contribution in [1.29, 1.82) is 0 Å². The Morgan fingerprint density at radius 2 is 1.64 bits per heavy atom. The van der Waals surface area contributed by atoms with Gasteiger partial charge in [-0.2, -0.15) is 18.2 Å². The number of ether oxygens (including phenoxy) is 1. The van der Waals surface area contributed by atoms with Gasteiger partial charge in [0.15, 0.2) is 5.69 Å². The van der Waals surface area contributed by atoms with E-state index < -0.39 is 23.4 Å². The van der Waals surface area contributed by atoms with Crippen LogP contribution in [0.4, 0.5) is 24.9 Å². The number of hydrogen-bond acceptors (Lipinski definition) is 7. The summed E-state index contributed by atoms with van der Waals surface area (Å²) in [6.07, 6.45) is -2.42. The third-order valence-corrected chi connectivity index (χ3v) is 8.07. The number of halogens is 3. The van der Waals surface area contributed by atoms with Gasteiger partial charge >= 0.3 is 6.18 Å². The number of benzene rings is 3. The lowest BCUT2D eigenvalue weighted by Gasteiger charge is -2.31. The van der Waals surface area contributed by atoms with E-state index in [1.54, 1.807) is 35.2 Å². The van der Waals surface area contributed by atoms with E-state index in [9.17, 15) is 22.8 Å². The fourth-order valence-corrected chi connectivity index (χ4v) is 5.50. The van der Waals surface area contributed by atoms with E-state index in [2.05, 4.69) is 15.3 Å². The molecular formula is C36H31F3N4O4. The second-order valence-electron chi connectivity index (χ2n) is 11.3. The molecule has 0 unspecified atom stereocenters. The Morgan fingerprint density at radius 1 is 0.936 bits per heavy atom. The molecule has 1 fully saturated rings. The molecule has 1 aliphatic rings. The molecule has 1 saturated heterocycles. The number of aromatic nitrogens is 2. The maximum atomic E-state index is 13.9. The molecule has 5 aromatic rings. The Labute approximate surface area is 269 Å². The van der Waals surface area contributed by atoms with Gasteiger partial charge in [-0.15, -0.1) is 0 Å². The smallest absolute Gasteiger partial charge is 0.437 e. The zero-order valence-corrected chi connectivity index (χ0v) is 25.5. The Balaban J connectivity index is 1.07. The minimum Gasteiger partial charge on any atom is -0.439 e. The van der Waals surface area contributed by atoms with Crippen molar-refractivity contribution in [1.82, 2.24) is 9.97 Å². The molecule has 3 heterocycles. The SMILES string of the molecule is Cc1ccccc1NC(=O)c1ccc(Oc2ccc(CC(=O)c3oc(N4CCC(c5ccccc5)CC4)nc3C(F)(F)F)cn2)cc1. The van der Waals surface area contributed by atoms with Crippen molar-refractivity contribution in [3.63, 3.8) is 0 Å². The Kier molecular flexibility index (Phi) is 9.05. The van der Waals surface area contributed by atoms with E-state index in [4.69, 9.17) is 9.15 Å². The van der Waals surface area contributed by atoms with E-state index in [-0.39, 0.29) is 24.2 Å². The molecule has 240 valence electrons. The van der Waals surface area contributed by atoms with Crippen molar-refractivity contribution < 1.29 is 31.9 Å². The number of nitrogens with one attached hydrogen (secondary N) is 1. The molecule has 1 aliphatic heterocycles. The summed E-state index contributed by atoms with van der Waals surface area (Å²) in [6, 6.07) is 26.8. The molecule has 0 aliphatic carbocycles. The maximum absolute atomic E-state index is 13.9. The molecule has 0 saturated carbocycles. The topological polar surface area (TPSA) is 97.6 Å². The van der Waals surface area contributed by atoms with E-state index in [1.165, 1.54) is 17.8 Å². The number of pyridine rings is 1. The van der Waals surface area contributed by atoms with Gasteiger partial charge in [0.1, 0.15) is 5.75 Å². The molecule has 2 aromatic heterocycles. The molecule has 0 bridgehead atoms. The van der Waals surface area contributed by atoms with Crippen molar-refractivity contribution in [3.05, 3.63) is 131 Å². The molecule has 1 N–H and O–H groups in total. The van der Waals surface area contributed by atoms with Crippen LogP contribution in [0, 0.1) is 6.92 Å². The first-order valence-corrected chi connectivity index (χ1v) is 15.1. The highest BCUT2D eigenvalue weighted by Crippen LogP contribution is 2.37. The summed E-state index contributed by atoms with van der Waals surface area (Å²) >= 11 is 0. The van der Waals surface area contributed by atoms with Gasteiger partial charge in [0.25, 0.3) is 11.9 Å². The van der Waals surface area contributed by atoms with Gasteiger partial charge in [0.2, 0.25) is 17.4 Å². The van der Waals surface area contributed by atoms with E-state index in [0.717, 1.165) is 24.1 Å². The van der Waals surface area contributed by atoms with Crippen LogP contribution in [0.3, 0.4) is 0 Å². The fraction of sp³-hybridized carbons (Fsp3) is 0.222. The van der Waals surface area contributed by atoms with Crippen LogP contribution in [-0.4, -0.2) is 34.7 Å². The molecule has 0 atom stereocenters. The molecule has 8 nitrogen and oxygen atoms in total. The summed E-state index contributed by atoms with van der Waals surface area (Å²) in [5.41, 5.74) is 2.34. The largest absolute Gasteiger partial charge is 0.439 e. The van der Waals surface area contributed by atoms with Crippen LogP contribution >= 0.6 is 0 Å². The summed E-state index contributed by atoms with van der Waals surface area (Å²) in [5.74, 6) is -1.02. The molecule has 3 aromatic carbocycles. The third kappa shape index (κ3) is 7.51. The van der Waals surface area contributed by atoms with Crippen molar-refractivity contribution in [2.45, 2.75) is 38.3 Å². The molecule has 11 heteroatoms. The standard InChI is InChI=1S/C36H31F3N4O4/c1-23-7-5-6-10-29(23)41-34(45)27-12-14-28(15-13-27)46-31-16-11-24(22-40-31)21-30(44)32-33(36(37,38)39)42-35(47-32)43-19-17-26(18-20-43)25-8-3-2-4-9-25/h2-16,22,26H,17-21H2,1H3,(H,41,45). The Hall–Kier alpha value is -5.45. The van der Waals surface area contributed by atoms with Gasteiger partial charge in [-0.3, -0.25) is 9.59 Å². The van der Waals surface area contributed by atoms with Gasteiger partial charge in [-0.05, 0) is 72.7 Å². The van der Waals surface area contributed by atoms with Gasteiger partial charge in [-0.1, -0.05) is 54.6 Å². The number of carbonyl (C=O) groups is 2. The number of carbonyl (C=O) groups excluding carboxylic acids is 2. The van der Waals surface area contributed by atoms with Gasteiger partial charge in [-0.25, -0.2) is 4.98 Å². The predicted molar refractivity (Wildman–Crippen MR) is 170 cm³/mol. The van der Waals surface area contributed by atoms with E-state index >= 15 is 0 Å². The number of anilines is 2. The maximum Gasteiger partial charge on any atom is 0.437 e. The minimum atomic E-state index is -4.86. The Bertz CT molecular complexity index is 1850. The summed E-state index contributed by atoms with van der Waals surface area (Å²) in [7, 11) is 0. The molecule has 0 spiro atoms. The highest BCUT2D eigenvalue weighted by molar-refractivity contribution is 6.04. The molecule has 0 radical (unpaired) electrons. The summed E-state index contributed by atoms with van der Waals surface area (Å²) in [4.78, 5) is 35.3. The zero-order chi connectivity index (χ0) is 33.0. The van der Waals surface area contributed by atoms with Gasteiger partial charge in [0.05, 0.1) is 0 Å². The van der Waals surface area contributed by atoms with Crippen molar-refractivity contribution in [3.8, 4) is 11.6 Å². The number of rotatable bonds is 9. The number of aryl methyl sites for hydroxylation is 1. The van der Waals surface area contributed by atoms with E-state index in [1.807, 2.05) is 61.5 Å². The number of piperidine rings is 1. The molecular weight excluding hydrogens is 609 g/mol. The number of ketones is 1. The van der Waals surface area contributed by atoms with Crippen LogP contribution in [0.2, 0.25) is 0 Å². The van der Waals surface area contributed by atoms with Crippen LogP contribution in [0.15, 0.2) is 102 Å². The highest BCUT2D eigenvalue weighted by Gasteiger charge is 2.42. The highest BCUT2D eigenvalue weighted by atomic mass is 19.4. The number of Topliss-reactive ketones (excluding diaryl/α,β-unsaturated/α-hetero) is 1. The number of hydrogen-bond donors (Lipinski definition) is 1. The average Bonchev–Trinajstić information content (AvgIpc) is 3.55. The second-order valence-corrected chi connectivity index (χ2v) is 11.3. The lowest BCUT2D eigenvalue weighted by molar-refractivity contribution is -0.141. The first kappa shape index (κ1) is 31.5. The summed E-state index contributed by atoms with van der Waals surface area (Å²) in [5, 5.41) is 2.87. The fourth-order valence-electron chi connectivity index (χ4n) is 5.50. The van der Waals surface area contributed by atoms with Crippen molar-refractivity contribution in [2.75, 3.05) is 23.3 Å². The lowest BCUT2D eigenvalue weighted by Crippen LogP contribution is -2.33. The minimum absolute atomic E-state index is 0.201. The van der Waals surface area contributed by atoms with Crippen LogP contribution in [0.1, 0.15) is 62.1 Å². The quantitative estimate of drug-likeness (QED) is 0.162. The number of alkyl halides is 3. The van der Waals surface area contributed by atoms with Crippen LogP contribution in [0.25, 0.3) is 0 Å². The second kappa shape index (κ2) is 13.5. The summed E-state index contributed by atoms with van der Waals surface area (Å²) in [6.45, 7) is 2.82. The average molecular weight is 641 g/mol. The number of oxazole rings is 1. The van der Waals surface area contributed by atoms with Crippen molar-refractivity contribution in [2.24, 2.45) is 0 Å². The first-order valence-electron chi connectivity index (χ1n) is 15.1. The molecule has 6 rings (SSSR count). The van der Waals surface area contributed by atoms with Crippen LogP contribution < -0.4 is 15.0 Å². The van der Waals surface area contributed by atoms with Crippen LogP contribution in [-0.2, 0) is 12.6 Å². The zero-order valence-electron chi connectivity index (χ0n) is 25.5. The molecule has 1 amide bonds. The normalized spacial score (nSPS) is 13.7. The van der Waals surface area contributed by atoms with Crippen molar-refractivity contribution >= 4 is 23.4 Å². The third-order valence-electron chi connectivity index (χ3n) is 8.07. The Morgan fingerprint density at radius 3 is 2.30 bits per heavy atom. The number of para-hydroxylation sites is 1. The first-order chi connectivity index (χ1) is 22.6. The van der Waals surface area contributed by atoms with Gasteiger partial charge in [0, 0.05) is 43.0 Å². The lowest BCUT2D eigenvalue weighted by atomic mass is 9.90. The number of nitrogens with zero attached hydrogens (tertiary/aromatic N) is 3. The monoisotopic (exact) mass is 640 g/mol. The van der Waals surface area contributed by atoms with E-state index in [0.29, 0.717) is 35.9 Å². The van der Waals surface area contributed by atoms with Gasteiger partial charge < -0.3 is 19.4 Å². The number of amides is 1. The predicted octanol–water partition coefficient (Wildman–Crippen LogP) is 8.25.